The molecular weight excluding hydrogens is 373 g/mol. The highest BCUT2D eigenvalue weighted by atomic mass is 32.2. The highest BCUT2D eigenvalue weighted by Gasteiger charge is 2.34. The van der Waals surface area contributed by atoms with E-state index in [-0.39, 0.29) is 30.5 Å². The second kappa shape index (κ2) is 7.18. The fourth-order valence-corrected chi connectivity index (χ4v) is 4.30. The zero-order chi connectivity index (χ0) is 18.9. The van der Waals surface area contributed by atoms with Gasteiger partial charge in [0.1, 0.15) is 5.82 Å². The van der Waals surface area contributed by atoms with E-state index in [1.54, 1.807) is 0 Å². The molecule has 0 N–H and O–H groups in total. The number of benzene rings is 2. The number of morpholine rings is 1. The van der Waals surface area contributed by atoms with Crippen molar-refractivity contribution in [3.63, 3.8) is 0 Å². The molecule has 1 atom stereocenters. The van der Waals surface area contributed by atoms with E-state index in [9.17, 15) is 12.8 Å². The number of ether oxygens (including phenoxy) is 1. The summed E-state index contributed by atoms with van der Waals surface area (Å²) in [6.07, 6.45) is -0.688. The number of nitrogens with zero attached hydrogens (tertiary/aromatic N) is 3. The Morgan fingerprint density at radius 2 is 1.93 bits per heavy atom. The van der Waals surface area contributed by atoms with Crippen molar-refractivity contribution in [1.82, 2.24) is 14.4 Å². The summed E-state index contributed by atoms with van der Waals surface area (Å²) in [6, 6.07) is 14.2. The first-order chi connectivity index (χ1) is 13.0. The van der Waals surface area contributed by atoms with Gasteiger partial charge in [0.15, 0.2) is 6.10 Å². The molecule has 0 unspecified atom stereocenters. The second-order valence-corrected chi connectivity index (χ2v) is 7.94. The molecule has 2 heterocycles. The number of hydrogen-bond acceptors (Lipinski definition) is 6. The number of hydrogen-bond donors (Lipinski definition) is 0. The second-order valence-electron chi connectivity index (χ2n) is 6.00. The maximum Gasteiger partial charge on any atom is 0.257 e. The fraction of sp³-hybridized carbons (Fsp3) is 0.222. The Labute approximate surface area is 155 Å². The van der Waals surface area contributed by atoms with E-state index >= 15 is 0 Å². The van der Waals surface area contributed by atoms with Crippen LogP contribution in [0.15, 0.2) is 64.0 Å². The van der Waals surface area contributed by atoms with Crippen molar-refractivity contribution in [2.45, 2.75) is 11.0 Å². The zero-order valence-electron chi connectivity index (χ0n) is 14.2. The van der Waals surface area contributed by atoms with Crippen LogP contribution in [-0.2, 0) is 14.8 Å². The SMILES string of the molecule is O=S(=O)(c1cccc(F)c1)N1CCO[C@H](c2nc(-c3ccccc3)no2)C1. The van der Waals surface area contributed by atoms with Gasteiger partial charge in [-0.25, -0.2) is 12.8 Å². The minimum atomic E-state index is -3.85. The minimum absolute atomic E-state index is 0.00920. The third kappa shape index (κ3) is 3.61. The molecule has 7 nitrogen and oxygen atoms in total. The van der Waals surface area contributed by atoms with Gasteiger partial charge in [-0.2, -0.15) is 9.29 Å². The minimum Gasteiger partial charge on any atom is -0.366 e. The highest BCUT2D eigenvalue weighted by molar-refractivity contribution is 7.89. The van der Waals surface area contributed by atoms with E-state index in [2.05, 4.69) is 10.1 Å². The molecule has 2 aromatic carbocycles. The molecule has 1 aromatic heterocycles. The molecule has 1 saturated heterocycles. The molecule has 140 valence electrons. The van der Waals surface area contributed by atoms with Gasteiger partial charge in [-0.15, -0.1) is 0 Å². The van der Waals surface area contributed by atoms with Gasteiger partial charge in [-0.3, -0.25) is 0 Å². The Hall–Kier alpha value is -2.62. The van der Waals surface area contributed by atoms with Crippen molar-refractivity contribution in [3.8, 4) is 11.4 Å². The summed E-state index contributed by atoms with van der Waals surface area (Å²) in [4.78, 5) is 4.22. The van der Waals surface area contributed by atoms with Crippen LogP contribution < -0.4 is 0 Å². The van der Waals surface area contributed by atoms with Crippen molar-refractivity contribution >= 4 is 10.0 Å². The smallest absolute Gasteiger partial charge is 0.257 e. The number of aromatic nitrogens is 2. The van der Waals surface area contributed by atoms with Crippen molar-refractivity contribution in [2.24, 2.45) is 0 Å². The lowest BCUT2D eigenvalue weighted by Crippen LogP contribution is -2.42. The largest absolute Gasteiger partial charge is 0.366 e. The highest BCUT2D eigenvalue weighted by Crippen LogP contribution is 2.27. The first kappa shape index (κ1) is 17.8. The average molecular weight is 389 g/mol. The molecule has 0 radical (unpaired) electrons. The summed E-state index contributed by atoms with van der Waals surface area (Å²) < 4.78 is 51.1. The van der Waals surface area contributed by atoms with Crippen LogP contribution in [0.25, 0.3) is 11.4 Å². The molecule has 4 rings (SSSR count). The lowest BCUT2D eigenvalue weighted by molar-refractivity contribution is -0.0199. The maximum atomic E-state index is 13.4. The lowest BCUT2D eigenvalue weighted by Gasteiger charge is -2.30. The van der Waals surface area contributed by atoms with Gasteiger partial charge >= 0.3 is 0 Å². The predicted molar refractivity (Wildman–Crippen MR) is 93.6 cm³/mol. The lowest BCUT2D eigenvalue weighted by atomic mass is 10.2. The Bertz CT molecular complexity index is 1040. The molecule has 0 amide bonds. The predicted octanol–water partition coefficient (Wildman–Crippen LogP) is 2.64. The van der Waals surface area contributed by atoms with E-state index < -0.39 is 21.9 Å². The van der Waals surface area contributed by atoms with Crippen LogP contribution >= 0.6 is 0 Å². The molecule has 9 heteroatoms. The summed E-state index contributed by atoms with van der Waals surface area (Å²) >= 11 is 0. The Morgan fingerprint density at radius 1 is 1.11 bits per heavy atom. The van der Waals surface area contributed by atoms with Crippen LogP contribution in [0.5, 0.6) is 0 Å². The summed E-state index contributed by atoms with van der Waals surface area (Å²) in [7, 11) is -3.85. The van der Waals surface area contributed by atoms with Gasteiger partial charge in [0.2, 0.25) is 15.8 Å². The van der Waals surface area contributed by atoms with Crippen LogP contribution in [0.1, 0.15) is 12.0 Å². The first-order valence-corrected chi connectivity index (χ1v) is 9.74. The normalized spacial score (nSPS) is 18.5. The molecular formula is C18H16FN3O4S. The van der Waals surface area contributed by atoms with Gasteiger partial charge in [0, 0.05) is 18.7 Å². The zero-order valence-corrected chi connectivity index (χ0v) is 15.0. The van der Waals surface area contributed by atoms with Crippen LogP contribution in [-0.4, -0.2) is 42.6 Å². The number of halogens is 1. The third-order valence-electron chi connectivity index (χ3n) is 4.21. The van der Waals surface area contributed by atoms with E-state index in [1.807, 2.05) is 30.3 Å². The van der Waals surface area contributed by atoms with E-state index in [1.165, 1.54) is 22.5 Å². The summed E-state index contributed by atoms with van der Waals surface area (Å²) in [5.41, 5.74) is 0.785. The van der Waals surface area contributed by atoms with Gasteiger partial charge < -0.3 is 9.26 Å². The standard InChI is InChI=1S/C18H16FN3O4S/c19-14-7-4-8-15(11-14)27(23,24)22-9-10-25-16(12-22)18-20-17(21-26-18)13-5-2-1-3-6-13/h1-8,11,16H,9-10,12H2/t16-/m0/s1. The Morgan fingerprint density at radius 3 is 2.70 bits per heavy atom. The summed E-state index contributed by atoms with van der Waals surface area (Å²) in [5.74, 6) is -0.00223. The third-order valence-corrected chi connectivity index (χ3v) is 6.07. The topological polar surface area (TPSA) is 85.5 Å². The summed E-state index contributed by atoms with van der Waals surface area (Å²) in [5, 5.41) is 3.93. The van der Waals surface area contributed by atoms with Crippen molar-refractivity contribution in [2.75, 3.05) is 19.7 Å². The van der Waals surface area contributed by atoms with Crippen molar-refractivity contribution < 1.29 is 22.1 Å². The molecule has 0 spiro atoms. The van der Waals surface area contributed by atoms with Crippen molar-refractivity contribution in [3.05, 3.63) is 66.3 Å². The summed E-state index contributed by atoms with van der Waals surface area (Å²) in [6.45, 7) is 0.340. The van der Waals surface area contributed by atoms with Gasteiger partial charge in [0.25, 0.3) is 5.89 Å². The van der Waals surface area contributed by atoms with E-state index in [4.69, 9.17) is 9.26 Å². The molecule has 0 saturated carbocycles. The Kier molecular flexibility index (Phi) is 4.73. The average Bonchev–Trinajstić information content (AvgIpc) is 3.19. The van der Waals surface area contributed by atoms with Crippen LogP contribution in [0.2, 0.25) is 0 Å². The molecule has 1 aliphatic heterocycles. The van der Waals surface area contributed by atoms with Crippen LogP contribution in [0.3, 0.4) is 0 Å². The number of sulfonamides is 1. The maximum absolute atomic E-state index is 13.4. The monoisotopic (exact) mass is 389 g/mol. The van der Waals surface area contributed by atoms with Gasteiger partial charge in [-0.05, 0) is 18.2 Å². The van der Waals surface area contributed by atoms with Crippen LogP contribution in [0, 0.1) is 5.82 Å². The molecule has 1 fully saturated rings. The first-order valence-electron chi connectivity index (χ1n) is 8.30. The molecule has 3 aromatic rings. The van der Waals surface area contributed by atoms with Gasteiger partial charge in [0.05, 0.1) is 11.5 Å². The van der Waals surface area contributed by atoms with E-state index in [0.29, 0.717) is 5.82 Å². The Balaban J connectivity index is 1.56. The molecule has 27 heavy (non-hydrogen) atoms. The van der Waals surface area contributed by atoms with Gasteiger partial charge in [-0.1, -0.05) is 41.6 Å². The molecule has 1 aliphatic rings. The fourth-order valence-electron chi connectivity index (χ4n) is 2.84. The number of rotatable bonds is 4. The van der Waals surface area contributed by atoms with E-state index in [0.717, 1.165) is 11.6 Å². The quantitative estimate of drug-likeness (QED) is 0.682. The molecule has 0 bridgehead atoms. The molecule has 0 aliphatic carbocycles. The van der Waals surface area contributed by atoms with Crippen LogP contribution in [0.4, 0.5) is 4.39 Å². The van der Waals surface area contributed by atoms with Crippen molar-refractivity contribution in [1.29, 1.82) is 0 Å².